The first-order valence-corrected chi connectivity index (χ1v) is 5.14. The number of pyridine rings is 1. The summed E-state index contributed by atoms with van der Waals surface area (Å²) in [4.78, 5) is 27.3. The van der Waals surface area contributed by atoms with Gasteiger partial charge in [0, 0.05) is 20.3 Å². The van der Waals surface area contributed by atoms with Gasteiger partial charge in [-0.3, -0.25) is 4.79 Å². The minimum Gasteiger partial charge on any atom is -0.478 e. The fourth-order valence-electron chi connectivity index (χ4n) is 1.20. The lowest BCUT2D eigenvalue weighted by Crippen LogP contribution is -2.33. The highest BCUT2D eigenvalue weighted by Crippen LogP contribution is 2.22. The number of carboxylic acid groups (broad SMARTS) is 1. The van der Waals surface area contributed by atoms with E-state index >= 15 is 0 Å². The molecule has 0 bridgehead atoms. The number of rotatable bonds is 4. The zero-order valence-electron chi connectivity index (χ0n) is 9.40. The molecular formula is C10H12ClN3O3. The smallest absolute Gasteiger partial charge is 0.337 e. The second kappa shape index (κ2) is 5.49. The van der Waals surface area contributed by atoms with Gasteiger partial charge in [0.15, 0.2) is 0 Å². The molecule has 6 nitrogen and oxygen atoms in total. The first-order valence-electron chi connectivity index (χ1n) is 4.76. The molecule has 17 heavy (non-hydrogen) atoms. The van der Waals surface area contributed by atoms with Crippen molar-refractivity contribution in [3.05, 3.63) is 22.8 Å². The van der Waals surface area contributed by atoms with Crippen LogP contribution in [0, 0.1) is 0 Å². The van der Waals surface area contributed by atoms with Gasteiger partial charge < -0.3 is 15.3 Å². The Hall–Kier alpha value is -1.82. The molecule has 0 aliphatic carbocycles. The van der Waals surface area contributed by atoms with Crippen LogP contribution in [0.15, 0.2) is 12.3 Å². The van der Waals surface area contributed by atoms with Crippen LogP contribution in [0.2, 0.25) is 5.02 Å². The first-order chi connectivity index (χ1) is 7.95. The third kappa shape index (κ3) is 3.32. The molecule has 1 aromatic heterocycles. The van der Waals surface area contributed by atoms with Gasteiger partial charge in [0.1, 0.15) is 5.82 Å². The van der Waals surface area contributed by atoms with E-state index in [-0.39, 0.29) is 23.0 Å². The molecule has 2 N–H and O–H groups in total. The quantitative estimate of drug-likeness (QED) is 0.826. The Bertz CT molecular complexity index is 450. The zero-order chi connectivity index (χ0) is 13.0. The minimum absolute atomic E-state index is 0.00657. The standard InChI is InChI=1S/C10H12ClN3O3/c1-12-8(15)5-14(2)9-7(11)3-6(4-13-9)10(16)17/h3-4H,5H2,1-2H3,(H,12,15)(H,16,17). The maximum absolute atomic E-state index is 11.2. The maximum Gasteiger partial charge on any atom is 0.337 e. The van der Waals surface area contributed by atoms with Crippen LogP contribution in [0.5, 0.6) is 0 Å². The maximum atomic E-state index is 11.2. The van der Waals surface area contributed by atoms with Gasteiger partial charge in [-0.25, -0.2) is 9.78 Å². The van der Waals surface area contributed by atoms with Gasteiger partial charge in [-0.1, -0.05) is 11.6 Å². The topological polar surface area (TPSA) is 82.5 Å². The summed E-state index contributed by atoms with van der Waals surface area (Å²) in [7, 11) is 3.17. The molecule has 0 unspecified atom stereocenters. The van der Waals surface area contributed by atoms with E-state index < -0.39 is 5.97 Å². The Morgan fingerprint density at radius 1 is 1.59 bits per heavy atom. The number of halogens is 1. The summed E-state index contributed by atoms with van der Waals surface area (Å²) in [6.07, 6.45) is 1.20. The van der Waals surface area contributed by atoms with E-state index in [1.807, 2.05) is 0 Å². The third-order valence-corrected chi connectivity index (χ3v) is 2.37. The van der Waals surface area contributed by atoms with Crippen molar-refractivity contribution in [1.82, 2.24) is 10.3 Å². The summed E-state index contributed by atoms with van der Waals surface area (Å²) in [5.41, 5.74) is 0.00657. The SMILES string of the molecule is CNC(=O)CN(C)c1ncc(C(=O)O)cc1Cl. The number of amides is 1. The van der Waals surface area contributed by atoms with Crippen molar-refractivity contribution in [3.63, 3.8) is 0 Å². The second-order valence-electron chi connectivity index (χ2n) is 3.36. The first kappa shape index (κ1) is 13.2. The van der Waals surface area contributed by atoms with E-state index in [4.69, 9.17) is 16.7 Å². The summed E-state index contributed by atoms with van der Waals surface area (Å²) < 4.78 is 0. The summed E-state index contributed by atoms with van der Waals surface area (Å²) >= 11 is 5.90. The number of aromatic carboxylic acids is 1. The van der Waals surface area contributed by atoms with Crippen LogP contribution < -0.4 is 10.2 Å². The predicted octanol–water partition coefficient (Wildman–Crippen LogP) is 0.615. The van der Waals surface area contributed by atoms with Crippen LogP contribution >= 0.6 is 11.6 Å². The summed E-state index contributed by atoms with van der Waals surface area (Å²) in [5.74, 6) is -0.923. The number of likely N-dealkylation sites (N-methyl/N-ethyl adjacent to an activating group) is 2. The molecule has 0 fully saturated rings. The fourth-order valence-corrected chi connectivity index (χ4v) is 1.51. The number of hydrogen-bond donors (Lipinski definition) is 2. The van der Waals surface area contributed by atoms with E-state index in [2.05, 4.69) is 10.3 Å². The molecule has 0 saturated carbocycles. The van der Waals surface area contributed by atoms with Crippen LogP contribution in [0.1, 0.15) is 10.4 Å². The second-order valence-corrected chi connectivity index (χ2v) is 3.77. The molecule has 0 aliphatic heterocycles. The monoisotopic (exact) mass is 257 g/mol. The van der Waals surface area contributed by atoms with Gasteiger partial charge in [-0.2, -0.15) is 0 Å². The van der Waals surface area contributed by atoms with Gasteiger partial charge in [-0.15, -0.1) is 0 Å². The number of carboxylic acids is 1. The highest BCUT2D eigenvalue weighted by atomic mass is 35.5. The van der Waals surface area contributed by atoms with Crippen molar-refractivity contribution in [2.75, 3.05) is 25.5 Å². The summed E-state index contributed by atoms with van der Waals surface area (Å²) in [6, 6.07) is 1.30. The Kier molecular flexibility index (Phi) is 4.28. The van der Waals surface area contributed by atoms with E-state index in [1.54, 1.807) is 7.05 Å². The van der Waals surface area contributed by atoms with Crippen molar-refractivity contribution >= 4 is 29.3 Å². The lowest BCUT2D eigenvalue weighted by atomic mass is 10.3. The average Bonchev–Trinajstić information content (AvgIpc) is 2.28. The molecule has 1 heterocycles. The van der Waals surface area contributed by atoms with Gasteiger partial charge >= 0.3 is 5.97 Å². The van der Waals surface area contributed by atoms with Crippen molar-refractivity contribution < 1.29 is 14.7 Å². The van der Waals surface area contributed by atoms with Crippen molar-refractivity contribution in [2.45, 2.75) is 0 Å². The van der Waals surface area contributed by atoms with Crippen LogP contribution in [0.25, 0.3) is 0 Å². The van der Waals surface area contributed by atoms with Crippen LogP contribution in [0.4, 0.5) is 5.82 Å². The molecule has 0 aromatic carbocycles. The number of carbonyl (C=O) groups is 2. The molecule has 1 amide bonds. The number of carbonyl (C=O) groups excluding carboxylic acids is 1. The molecule has 7 heteroatoms. The third-order valence-electron chi connectivity index (χ3n) is 2.09. The number of nitrogens with zero attached hydrogens (tertiary/aromatic N) is 2. The zero-order valence-corrected chi connectivity index (χ0v) is 10.2. The van der Waals surface area contributed by atoms with E-state index in [0.717, 1.165) is 0 Å². The van der Waals surface area contributed by atoms with Crippen LogP contribution in [-0.4, -0.2) is 42.6 Å². The Morgan fingerprint density at radius 2 is 2.24 bits per heavy atom. The predicted molar refractivity (Wildman–Crippen MR) is 63.5 cm³/mol. The largest absolute Gasteiger partial charge is 0.478 e. The molecule has 92 valence electrons. The van der Waals surface area contributed by atoms with Crippen LogP contribution in [-0.2, 0) is 4.79 Å². The van der Waals surface area contributed by atoms with Crippen molar-refractivity contribution in [3.8, 4) is 0 Å². The van der Waals surface area contributed by atoms with Crippen molar-refractivity contribution in [1.29, 1.82) is 0 Å². The molecule has 0 aliphatic rings. The molecule has 1 rings (SSSR count). The van der Waals surface area contributed by atoms with Gasteiger partial charge in [0.05, 0.1) is 17.1 Å². The molecular weight excluding hydrogens is 246 g/mol. The lowest BCUT2D eigenvalue weighted by molar-refractivity contribution is -0.119. The lowest BCUT2D eigenvalue weighted by Gasteiger charge is -2.18. The normalized spacial score (nSPS) is 9.82. The highest BCUT2D eigenvalue weighted by molar-refractivity contribution is 6.33. The fraction of sp³-hybridized carbons (Fsp3) is 0.300. The van der Waals surface area contributed by atoms with Crippen molar-refractivity contribution in [2.24, 2.45) is 0 Å². The summed E-state index contributed by atoms with van der Waals surface area (Å²) in [6.45, 7) is 0.0929. The Morgan fingerprint density at radius 3 is 2.71 bits per heavy atom. The molecule has 0 radical (unpaired) electrons. The molecule has 0 atom stereocenters. The Balaban J connectivity index is 2.92. The van der Waals surface area contributed by atoms with Crippen LogP contribution in [0.3, 0.4) is 0 Å². The number of nitrogens with one attached hydrogen (secondary N) is 1. The van der Waals surface area contributed by atoms with E-state index in [1.165, 1.54) is 24.2 Å². The van der Waals surface area contributed by atoms with E-state index in [9.17, 15) is 9.59 Å². The van der Waals surface area contributed by atoms with Gasteiger partial charge in [0.2, 0.25) is 5.91 Å². The number of aromatic nitrogens is 1. The van der Waals surface area contributed by atoms with E-state index in [0.29, 0.717) is 5.82 Å². The van der Waals surface area contributed by atoms with Gasteiger partial charge in [-0.05, 0) is 6.07 Å². The Labute approximate surface area is 103 Å². The number of anilines is 1. The minimum atomic E-state index is -1.10. The molecule has 1 aromatic rings. The molecule has 0 spiro atoms. The average molecular weight is 258 g/mol. The highest BCUT2D eigenvalue weighted by Gasteiger charge is 2.13. The van der Waals surface area contributed by atoms with Gasteiger partial charge in [0.25, 0.3) is 0 Å². The number of hydrogen-bond acceptors (Lipinski definition) is 4. The molecule has 0 saturated heterocycles. The summed E-state index contributed by atoms with van der Waals surface area (Å²) in [5, 5.41) is 11.4.